The number of aliphatic hydroxyl groups excluding tert-OH is 1. The molecule has 182 valence electrons. The number of alkyl halides is 3. The fraction of sp³-hybridized carbons (Fsp3) is 0.160. The average molecular weight is 503 g/mol. The number of hydrogen-bond acceptors (Lipinski definition) is 5. The Labute approximate surface area is 198 Å². The van der Waals surface area contributed by atoms with Crippen LogP contribution in [-0.4, -0.2) is 20.1 Å². The molecule has 0 saturated carbocycles. The summed E-state index contributed by atoms with van der Waals surface area (Å²) in [4.78, 5) is 11.5. The molecule has 6 nitrogen and oxygen atoms in total. The Bertz CT molecular complexity index is 1530. The van der Waals surface area contributed by atoms with Crippen LogP contribution in [0.2, 0.25) is 0 Å². The molecule has 10 heteroatoms. The van der Waals surface area contributed by atoms with E-state index >= 15 is 0 Å². The summed E-state index contributed by atoms with van der Waals surface area (Å²) in [6, 6.07) is 17.3. The first-order valence-corrected chi connectivity index (χ1v) is 12.0. The highest BCUT2D eigenvalue weighted by Gasteiger charge is 2.33. The van der Waals surface area contributed by atoms with E-state index in [-0.39, 0.29) is 28.9 Å². The molecule has 0 aliphatic rings. The number of nitrogens with one attached hydrogen (secondary N) is 1. The van der Waals surface area contributed by atoms with Gasteiger partial charge in [0, 0.05) is 23.7 Å². The summed E-state index contributed by atoms with van der Waals surface area (Å²) < 4.78 is 73.0. The summed E-state index contributed by atoms with van der Waals surface area (Å²) in [5.74, 6) is 0. The first-order chi connectivity index (χ1) is 16.5. The number of fused-ring (bicyclic) bond motifs is 1. The summed E-state index contributed by atoms with van der Waals surface area (Å²) >= 11 is 0. The summed E-state index contributed by atoms with van der Waals surface area (Å²) in [5.41, 5.74) is 0.0496. The van der Waals surface area contributed by atoms with Crippen molar-refractivity contribution >= 4 is 26.7 Å². The van der Waals surface area contributed by atoms with Crippen LogP contribution in [0.5, 0.6) is 0 Å². The molecule has 4 rings (SSSR count). The minimum absolute atomic E-state index is 0.0217. The van der Waals surface area contributed by atoms with Crippen molar-refractivity contribution in [1.29, 1.82) is 0 Å². The maximum atomic E-state index is 13.4. The van der Waals surface area contributed by atoms with E-state index in [1.807, 2.05) is 0 Å². The monoisotopic (exact) mass is 503 g/mol. The van der Waals surface area contributed by atoms with Gasteiger partial charge >= 0.3 is 11.8 Å². The zero-order valence-electron chi connectivity index (χ0n) is 18.2. The Kier molecular flexibility index (Phi) is 6.68. The van der Waals surface area contributed by atoms with Gasteiger partial charge in [-0.3, -0.25) is 4.72 Å². The molecule has 3 aromatic carbocycles. The minimum Gasteiger partial charge on any atom is -0.423 e. The topological polar surface area (TPSA) is 96.6 Å². The van der Waals surface area contributed by atoms with Gasteiger partial charge in [0.05, 0.1) is 10.5 Å². The molecule has 0 spiro atoms. The van der Waals surface area contributed by atoms with Crippen LogP contribution < -0.4 is 10.3 Å². The Morgan fingerprint density at radius 3 is 2.29 bits per heavy atom. The van der Waals surface area contributed by atoms with E-state index in [0.717, 1.165) is 5.56 Å². The van der Waals surface area contributed by atoms with E-state index < -0.39 is 27.4 Å². The number of anilines is 1. The van der Waals surface area contributed by atoms with Gasteiger partial charge in [0.2, 0.25) is 0 Å². The molecule has 0 fully saturated rings. The lowest BCUT2D eigenvalue weighted by Gasteiger charge is -2.11. The zero-order valence-corrected chi connectivity index (χ0v) is 19.0. The van der Waals surface area contributed by atoms with Crippen molar-refractivity contribution in [2.24, 2.45) is 0 Å². The second-order valence-corrected chi connectivity index (χ2v) is 9.59. The highest BCUT2D eigenvalue weighted by molar-refractivity contribution is 7.92. The van der Waals surface area contributed by atoms with Crippen LogP contribution in [0.15, 0.2) is 86.9 Å². The number of sulfonamides is 1. The lowest BCUT2D eigenvalue weighted by atomic mass is 10.0. The molecule has 1 aromatic heterocycles. The van der Waals surface area contributed by atoms with Gasteiger partial charge in [-0.15, -0.1) is 0 Å². The van der Waals surface area contributed by atoms with Crippen LogP contribution in [-0.2, 0) is 29.0 Å². The largest absolute Gasteiger partial charge is 0.423 e. The normalized spacial score (nSPS) is 12.1. The van der Waals surface area contributed by atoms with Crippen LogP contribution in [0.1, 0.15) is 22.3 Å². The third kappa shape index (κ3) is 5.72. The van der Waals surface area contributed by atoms with Gasteiger partial charge in [0.25, 0.3) is 10.0 Å². The van der Waals surface area contributed by atoms with Crippen molar-refractivity contribution in [1.82, 2.24) is 0 Å². The molecule has 0 aliphatic carbocycles. The lowest BCUT2D eigenvalue weighted by molar-refractivity contribution is -0.136. The van der Waals surface area contributed by atoms with Crippen LogP contribution in [0.4, 0.5) is 18.9 Å². The Balaban J connectivity index is 1.56. The van der Waals surface area contributed by atoms with Gasteiger partial charge < -0.3 is 9.52 Å². The van der Waals surface area contributed by atoms with Crippen LogP contribution in [0.25, 0.3) is 11.0 Å². The molecule has 35 heavy (non-hydrogen) atoms. The molecular weight excluding hydrogens is 483 g/mol. The zero-order chi connectivity index (χ0) is 25.2. The molecule has 0 atom stereocenters. The van der Waals surface area contributed by atoms with E-state index in [1.54, 1.807) is 42.5 Å². The molecule has 1 heterocycles. The van der Waals surface area contributed by atoms with Crippen molar-refractivity contribution in [2.45, 2.75) is 23.9 Å². The SMILES string of the molecule is O=c1cc(C(F)(F)F)c2cc(Cc3ccc(S(=O)(=O)Nc4cccc(CCO)c4)cc3)ccc2o1. The molecular formula is C25H20F3NO5S. The Morgan fingerprint density at radius 1 is 0.886 bits per heavy atom. The van der Waals surface area contributed by atoms with E-state index in [4.69, 9.17) is 9.52 Å². The van der Waals surface area contributed by atoms with E-state index in [0.29, 0.717) is 29.3 Å². The van der Waals surface area contributed by atoms with Gasteiger partial charge in [0.1, 0.15) is 5.58 Å². The van der Waals surface area contributed by atoms with Crippen molar-refractivity contribution in [2.75, 3.05) is 11.3 Å². The van der Waals surface area contributed by atoms with Gasteiger partial charge in [-0.05, 0) is 65.9 Å². The van der Waals surface area contributed by atoms with Crippen molar-refractivity contribution < 1.29 is 31.1 Å². The van der Waals surface area contributed by atoms with E-state index in [2.05, 4.69) is 4.72 Å². The number of hydrogen-bond donors (Lipinski definition) is 2. The maximum absolute atomic E-state index is 13.4. The smallest absolute Gasteiger partial charge is 0.417 e. The van der Waals surface area contributed by atoms with Crippen molar-refractivity contribution in [3.05, 3.63) is 105 Å². The van der Waals surface area contributed by atoms with Crippen molar-refractivity contribution in [3.63, 3.8) is 0 Å². The standard InChI is InChI=1S/C25H20F3NO5S/c26-25(27,28)22-15-24(31)34-23-9-6-18(14-21(22)23)12-17-4-7-20(8-5-17)35(32,33)29-19-3-1-2-16(13-19)10-11-30/h1-9,13-15,29-30H,10-12H2. The van der Waals surface area contributed by atoms with Gasteiger partial charge in [-0.1, -0.05) is 30.3 Å². The molecule has 0 aliphatic heterocycles. The van der Waals surface area contributed by atoms with Crippen LogP contribution in [0.3, 0.4) is 0 Å². The minimum atomic E-state index is -4.71. The highest BCUT2D eigenvalue weighted by atomic mass is 32.2. The summed E-state index contributed by atoms with van der Waals surface area (Å²) in [6.07, 6.45) is -4.08. The lowest BCUT2D eigenvalue weighted by Crippen LogP contribution is -2.13. The van der Waals surface area contributed by atoms with Crippen LogP contribution in [0, 0.1) is 0 Å². The average Bonchev–Trinajstić information content (AvgIpc) is 2.79. The Hall–Kier alpha value is -3.63. The summed E-state index contributed by atoms with van der Waals surface area (Å²) in [6.45, 7) is -0.0547. The third-order valence-corrected chi connectivity index (χ3v) is 6.73. The fourth-order valence-corrected chi connectivity index (χ4v) is 4.76. The maximum Gasteiger partial charge on any atom is 0.417 e. The van der Waals surface area contributed by atoms with Crippen LogP contribution >= 0.6 is 0 Å². The molecule has 2 N–H and O–H groups in total. The molecule has 0 unspecified atom stereocenters. The van der Waals surface area contributed by atoms with Gasteiger partial charge in [0.15, 0.2) is 0 Å². The predicted octanol–water partition coefficient (Wildman–Crippen LogP) is 4.74. The number of aliphatic hydroxyl groups is 1. The predicted molar refractivity (Wildman–Crippen MR) is 125 cm³/mol. The Morgan fingerprint density at radius 2 is 1.60 bits per heavy atom. The van der Waals surface area contributed by atoms with Gasteiger partial charge in [-0.25, -0.2) is 13.2 Å². The second-order valence-electron chi connectivity index (χ2n) is 7.91. The van der Waals surface area contributed by atoms with Crippen molar-refractivity contribution in [3.8, 4) is 0 Å². The molecule has 0 bridgehead atoms. The number of rotatable bonds is 7. The first kappa shape index (κ1) is 24.5. The highest BCUT2D eigenvalue weighted by Crippen LogP contribution is 2.34. The molecule has 0 saturated heterocycles. The van der Waals surface area contributed by atoms with Gasteiger partial charge in [-0.2, -0.15) is 13.2 Å². The third-order valence-electron chi connectivity index (χ3n) is 5.33. The first-order valence-electron chi connectivity index (χ1n) is 10.5. The molecule has 0 amide bonds. The summed E-state index contributed by atoms with van der Waals surface area (Å²) in [5, 5.41) is 8.84. The quantitative estimate of drug-likeness (QED) is 0.355. The summed E-state index contributed by atoms with van der Waals surface area (Å²) in [7, 11) is -3.87. The second kappa shape index (κ2) is 9.55. The number of halogens is 3. The fourth-order valence-electron chi connectivity index (χ4n) is 3.71. The molecule has 4 aromatic rings. The molecule has 0 radical (unpaired) electrons. The van der Waals surface area contributed by atoms with E-state index in [9.17, 15) is 26.4 Å². The van der Waals surface area contributed by atoms with E-state index in [1.165, 1.54) is 24.3 Å². The number of benzene rings is 3.